The van der Waals surface area contributed by atoms with E-state index in [1.165, 1.54) is 32.2 Å². The number of likely N-dealkylation sites (N-methyl/N-ethyl adjacent to an activating group) is 1. The van der Waals surface area contributed by atoms with Crippen molar-refractivity contribution < 1.29 is 44.3 Å². The summed E-state index contributed by atoms with van der Waals surface area (Å²) in [6.45, 7) is 1.68. The number of hydrogen-bond donors (Lipinski definition) is 6. The number of Topliss-reactive ketones (excluding diaryl/α,β-unsaturated/α-hetero) is 2. The number of aromatic hydroxyl groups is 1. The molecule has 5 rings (SSSR count). The van der Waals surface area contributed by atoms with Crippen molar-refractivity contribution in [2.75, 3.05) is 46.2 Å². The molecule has 3 aliphatic carbocycles. The van der Waals surface area contributed by atoms with Gasteiger partial charge in [-0.25, -0.2) is 0 Å². The number of nitrogens with two attached hydrogens (primary N) is 1. The van der Waals surface area contributed by atoms with E-state index in [0.717, 1.165) is 25.9 Å². The maximum absolute atomic E-state index is 14.0. The smallest absolute Gasteiger partial charge is 0.255 e. The number of hydrogen-bond acceptors (Lipinski definition) is 11. The van der Waals surface area contributed by atoms with Crippen molar-refractivity contribution in [2.24, 2.45) is 17.6 Å². The zero-order valence-corrected chi connectivity index (χ0v) is 23.1. The van der Waals surface area contributed by atoms with E-state index < -0.39 is 63.8 Å². The van der Waals surface area contributed by atoms with Crippen LogP contribution in [-0.4, -0.2) is 106 Å². The van der Waals surface area contributed by atoms with E-state index in [-0.39, 0.29) is 47.9 Å². The van der Waals surface area contributed by atoms with Gasteiger partial charge in [0, 0.05) is 23.1 Å². The molecule has 0 spiro atoms. The van der Waals surface area contributed by atoms with Gasteiger partial charge in [0.1, 0.15) is 22.8 Å². The lowest BCUT2D eigenvalue weighted by Crippen LogP contribution is -2.65. The number of carbonyl (C=O) groups is 4. The topological polar surface area (TPSA) is 203 Å². The summed E-state index contributed by atoms with van der Waals surface area (Å²) in [7, 11) is 4.46. The zero-order chi connectivity index (χ0) is 30.0. The van der Waals surface area contributed by atoms with Gasteiger partial charge in [-0.3, -0.25) is 29.0 Å². The molecule has 2 amide bonds. The molecule has 13 nitrogen and oxygen atoms in total. The fraction of sp³-hybridized carbons (Fsp3) is 0.500. The summed E-state index contributed by atoms with van der Waals surface area (Å²) in [6, 6.07) is 0.270. The summed E-state index contributed by atoms with van der Waals surface area (Å²) < 4.78 is 5.54. The number of aliphatic hydroxyl groups is 3. The number of anilines is 1. The molecule has 1 saturated heterocycles. The van der Waals surface area contributed by atoms with E-state index in [2.05, 4.69) is 5.32 Å². The molecular formula is C28H34N4O9. The van der Waals surface area contributed by atoms with Crippen LogP contribution in [-0.2, 0) is 25.6 Å². The molecule has 1 heterocycles. The van der Waals surface area contributed by atoms with Gasteiger partial charge >= 0.3 is 0 Å². The molecule has 0 unspecified atom stereocenters. The summed E-state index contributed by atoms with van der Waals surface area (Å²) in [4.78, 5) is 55.4. The lowest BCUT2D eigenvalue weighted by molar-refractivity contribution is -0.153. The zero-order valence-electron chi connectivity index (χ0n) is 23.1. The monoisotopic (exact) mass is 570 g/mol. The SMILES string of the molecule is COc1cc(NC(=O)CN2CCCC2)c(O)c2c1C[C@H]1C[C@H]3[C@H](N(C)C)C(=O)C(C(N)=O)=C(O)[C@@]3(O)C(=O)C1=C2O. The predicted octanol–water partition coefficient (Wildman–Crippen LogP) is 0.00690. The minimum absolute atomic E-state index is 0.0371. The normalized spacial score (nSPS) is 28.0. The number of methoxy groups -OCH3 is 1. The standard InChI is InChI=1S/C28H34N4O9/c1-31(2)21-14-9-12-8-13-16(41-3)10-15(30-17(33)11-32-6-4-5-7-32)22(34)19(13)23(35)18(12)25(37)28(14,40)26(38)20(24(21)36)27(29)39/h10,12,14,21,34-35,38,40H,4-9,11H2,1-3H3,(H2,29,39)(H,30,33)/t12-,14-,21-,28-/m0/s1. The first kappa shape index (κ1) is 28.6. The number of amides is 2. The highest BCUT2D eigenvalue weighted by atomic mass is 16.5. The quantitative estimate of drug-likeness (QED) is 0.199. The third kappa shape index (κ3) is 4.26. The molecule has 1 aromatic rings. The second kappa shape index (κ2) is 10.2. The largest absolute Gasteiger partial charge is 0.508 e. The van der Waals surface area contributed by atoms with Gasteiger partial charge in [-0.05, 0) is 58.8 Å². The Morgan fingerprint density at radius 2 is 1.85 bits per heavy atom. The summed E-state index contributed by atoms with van der Waals surface area (Å²) >= 11 is 0. The molecule has 220 valence electrons. The van der Waals surface area contributed by atoms with Gasteiger partial charge in [0.25, 0.3) is 5.91 Å². The molecule has 0 bridgehead atoms. The van der Waals surface area contributed by atoms with Gasteiger partial charge in [0.2, 0.25) is 11.7 Å². The van der Waals surface area contributed by atoms with Crippen LogP contribution in [0, 0.1) is 11.8 Å². The molecule has 1 saturated carbocycles. The summed E-state index contributed by atoms with van der Waals surface area (Å²) in [5.41, 5.74) is 1.64. The van der Waals surface area contributed by atoms with Crippen LogP contribution in [0.5, 0.6) is 11.5 Å². The maximum atomic E-state index is 14.0. The fourth-order valence-electron chi connectivity index (χ4n) is 6.89. The number of phenols is 1. The number of aliphatic hydroxyl groups excluding tert-OH is 2. The molecule has 0 radical (unpaired) electrons. The summed E-state index contributed by atoms with van der Waals surface area (Å²) in [6.07, 6.45) is 2.02. The molecule has 41 heavy (non-hydrogen) atoms. The molecule has 7 N–H and O–H groups in total. The average molecular weight is 571 g/mol. The average Bonchev–Trinajstić information content (AvgIpc) is 3.40. The van der Waals surface area contributed by atoms with Crippen LogP contribution in [0.25, 0.3) is 5.76 Å². The molecule has 1 aromatic carbocycles. The number of nitrogens with zero attached hydrogens (tertiary/aromatic N) is 2. The predicted molar refractivity (Wildman–Crippen MR) is 145 cm³/mol. The van der Waals surface area contributed by atoms with Crippen LogP contribution in [0.4, 0.5) is 5.69 Å². The van der Waals surface area contributed by atoms with Crippen molar-refractivity contribution in [3.05, 3.63) is 34.1 Å². The van der Waals surface area contributed by atoms with Crippen LogP contribution < -0.4 is 15.8 Å². The van der Waals surface area contributed by atoms with Crippen molar-refractivity contribution in [1.29, 1.82) is 0 Å². The number of rotatable bonds is 6. The number of primary amides is 1. The molecule has 4 aliphatic rings. The maximum Gasteiger partial charge on any atom is 0.255 e. The Kier molecular flexibility index (Phi) is 7.08. The van der Waals surface area contributed by atoms with Gasteiger partial charge in [-0.1, -0.05) is 0 Å². The van der Waals surface area contributed by atoms with Gasteiger partial charge in [-0.15, -0.1) is 0 Å². The number of likely N-dealkylation sites (tertiary alicyclic amines) is 1. The Morgan fingerprint density at radius 3 is 2.44 bits per heavy atom. The highest BCUT2D eigenvalue weighted by Gasteiger charge is 2.64. The van der Waals surface area contributed by atoms with Crippen molar-refractivity contribution in [3.8, 4) is 11.5 Å². The summed E-state index contributed by atoms with van der Waals surface area (Å²) in [5, 5.41) is 48.0. The highest BCUT2D eigenvalue weighted by Crippen LogP contribution is 2.54. The second-order valence-electron chi connectivity index (χ2n) is 11.3. The van der Waals surface area contributed by atoms with Crippen LogP contribution >= 0.6 is 0 Å². The van der Waals surface area contributed by atoms with E-state index in [0.29, 0.717) is 5.56 Å². The van der Waals surface area contributed by atoms with E-state index in [9.17, 15) is 39.6 Å². The van der Waals surface area contributed by atoms with Crippen molar-refractivity contribution in [3.63, 3.8) is 0 Å². The molecule has 0 aromatic heterocycles. The third-order valence-corrected chi connectivity index (χ3v) is 8.74. The minimum Gasteiger partial charge on any atom is -0.508 e. The molecular weight excluding hydrogens is 536 g/mol. The Labute approximate surface area is 235 Å². The van der Waals surface area contributed by atoms with Gasteiger partial charge in [0.15, 0.2) is 17.1 Å². The minimum atomic E-state index is -2.73. The number of nitrogens with one attached hydrogen (secondary N) is 1. The van der Waals surface area contributed by atoms with E-state index in [4.69, 9.17) is 10.5 Å². The second-order valence-corrected chi connectivity index (χ2v) is 11.3. The van der Waals surface area contributed by atoms with Crippen LogP contribution in [0.15, 0.2) is 23.0 Å². The first-order chi connectivity index (χ1) is 19.3. The third-order valence-electron chi connectivity index (χ3n) is 8.74. The number of fused-ring (bicyclic) bond motifs is 3. The number of ether oxygens (including phenoxy) is 1. The molecule has 1 aliphatic heterocycles. The Hall–Kier alpha value is -3.94. The highest BCUT2D eigenvalue weighted by molar-refractivity contribution is 6.24. The molecule has 2 fully saturated rings. The van der Waals surface area contributed by atoms with Gasteiger partial charge in [-0.2, -0.15) is 0 Å². The lowest BCUT2D eigenvalue weighted by atomic mass is 9.57. The van der Waals surface area contributed by atoms with Crippen LogP contribution in [0.3, 0.4) is 0 Å². The molecule has 4 atom stereocenters. The Balaban J connectivity index is 1.62. The van der Waals surface area contributed by atoms with Crippen molar-refractivity contribution in [1.82, 2.24) is 9.80 Å². The Bertz CT molecular complexity index is 1430. The van der Waals surface area contributed by atoms with Crippen molar-refractivity contribution in [2.45, 2.75) is 37.3 Å². The number of benzene rings is 1. The van der Waals surface area contributed by atoms with Crippen LogP contribution in [0.2, 0.25) is 0 Å². The lowest BCUT2D eigenvalue weighted by Gasteiger charge is -2.50. The van der Waals surface area contributed by atoms with Gasteiger partial charge < -0.3 is 36.2 Å². The van der Waals surface area contributed by atoms with Crippen LogP contribution in [0.1, 0.15) is 30.4 Å². The van der Waals surface area contributed by atoms with E-state index in [1.54, 1.807) is 0 Å². The number of ketones is 2. The van der Waals surface area contributed by atoms with E-state index >= 15 is 0 Å². The van der Waals surface area contributed by atoms with Gasteiger partial charge in [0.05, 0.1) is 30.9 Å². The Morgan fingerprint density at radius 1 is 1.20 bits per heavy atom. The first-order valence-electron chi connectivity index (χ1n) is 13.4. The number of carbonyl (C=O) groups excluding carboxylic acids is 4. The molecule has 13 heteroatoms. The first-order valence-corrected chi connectivity index (χ1v) is 13.4. The fourth-order valence-corrected chi connectivity index (χ4v) is 6.89. The van der Waals surface area contributed by atoms with Crippen molar-refractivity contribution >= 4 is 34.8 Å². The summed E-state index contributed by atoms with van der Waals surface area (Å²) in [5.74, 6) is -7.59. The number of phenolic OH excluding ortho intramolecular Hbond substituents is 1. The van der Waals surface area contributed by atoms with E-state index in [1.807, 2.05) is 4.90 Å².